The van der Waals surface area contributed by atoms with Gasteiger partial charge in [-0.3, -0.25) is 0 Å². The molecule has 5 rings (SSSR count). The predicted octanol–water partition coefficient (Wildman–Crippen LogP) is 7.37. The van der Waals surface area contributed by atoms with Gasteiger partial charge in [-0.1, -0.05) is 133 Å². The molecular formula is C26H22. The van der Waals surface area contributed by atoms with Crippen LogP contribution in [0.15, 0.2) is 133 Å². The Bertz CT molecular complexity index is 804. The van der Waals surface area contributed by atoms with Gasteiger partial charge in [-0.05, 0) is 21.5 Å². The van der Waals surface area contributed by atoms with Crippen LogP contribution in [0.1, 0.15) is 0 Å². The lowest BCUT2D eigenvalue weighted by Crippen LogP contribution is -1.67. The third-order valence-corrected chi connectivity index (χ3v) is 3.98. The minimum absolute atomic E-state index is 1.31. The third kappa shape index (κ3) is 5.32. The van der Waals surface area contributed by atoms with E-state index in [1.807, 2.05) is 36.4 Å². The highest BCUT2D eigenvalue weighted by Gasteiger charge is 1.86. The smallest absolute Gasteiger partial charge is 0.0184 e. The maximum atomic E-state index is 2.12. The Balaban J connectivity index is 0.000000117. The second kappa shape index (κ2) is 9.80. The number of rotatable bonds is 0. The Morgan fingerprint density at radius 1 is 0.192 bits per heavy atom. The summed E-state index contributed by atoms with van der Waals surface area (Å²) in [5.41, 5.74) is 0. The van der Waals surface area contributed by atoms with Crippen LogP contribution in [0.5, 0.6) is 0 Å². The van der Waals surface area contributed by atoms with E-state index in [9.17, 15) is 0 Å². The van der Waals surface area contributed by atoms with Crippen LogP contribution in [0.25, 0.3) is 21.5 Å². The minimum Gasteiger partial charge on any atom is -0.0623 e. The van der Waals surface area contributed by atoms with Crippen LogP contribution < -0.4 is 0 Å². The van der Waals surface area contributed by atoms with Crippen LogP contribution in [0.2, 0.25) is 0 Å². The van der Waals surface area contributed by atoms with Gasteiger partial charge < -0.3 is 0 Å². The van der Waals surface area contributed by atoms with Gasteiger partial charge in [-0.25, -0.2) is 0 Å². The van der Waals surface area contributed by atoms with E-state index in [0.717, 1.165) is 0 Å². The second-order valence-corrected chi connectivity index (χ2v) is 5.85. The zero-order chi connectivity index (χ0) is 17.9. The summed E-state index contributed by atoms with van der Waals surface area (Å²) in [6, 6.07) is 45.4. The molecule has 0 fully saturated rings. The van der Waals surface area contributed by atoms with E-state index in [-0.39, 0.29) is 0 Å². The van der Waals surface area contributed by atoms with Crippen LogP contribution in [-0.2, 0) is 0 Å². The molecule has 5 aromatic rings. The molecule has 0 aliphatic rings. The second-order valence-electron chi connectivity index (χ2n) is 5.85. The summed E-state index contributed by atoms with van der Waals surface area (Å²) in [4.78, 5) is 0. The van der Waals surface area contributed by atoms with Crippen molar-refractivity contribution in [2.24, 2.45) is 0 Å². The maximum absolute atomic E-state index is 2.12. The van der Waals surface area contributed by atoms with E-state index >= 15 is 0 Å². The Labute approximate surface area is 155 Å². The van der Waals surface area contributed by atoms with E-state index < -0.39 is 0 Å². The molecule has 5 aromatic carbocycles. The first kappa shape index (κ1) is 17.4. The topological polar surface area (TPSA) is 0 Å². The SMILES string of the molecule is c1ccc2ccccc2c1.c1ccc2ccccc2c1.c1ccccc1. The molecule has 0 bridgehead atoms. The molecule has 0 heteroatoms. The van der Waals surface area contributed by atoms with E-state index in [4.69, 9.17) is 0 Å². The molecule has 126 valence electrons. The van der Waals surface area contributed by atoms with E-state index in [2.05, 4.69) is 97.1 Å². The van der Waals surface area contributed by atoms with Crippen LogP contribution in [0.4, 0.5) is 0 Å². The Morgan fingerprint density at radius 2 is 0.346 bits per heavy atom. The number of hydrogen-bond acceptors (Lipinski definition) is 0. The summed E-state index contributed by atoms with van der Waals surface area (Å²) < 4.78 is 0. The van der Waals surface area contributed by atoms with Gasteiger partial charge in [-0.15, -0.1) is 0 Å². The van der Waals surface area contributed by atoms with Crippen LogP contribution >= 0.6 is 0 Å². The predicted molar refractivity (Wildman–Crippen MR) is 114 cm³/mol. The Morgan fingerprint density at radius 3 is 0.500 bits per heavy atom. The minimum atomic E-state index is 1.31. The largest absolute Gasteiger partial charge is 0.0623 e. The number of hydrogen-bond donors (Lipinski definition) is 0. The summed E-state index contributed by atoms with van der Waals surface area (Å²) in [5.74, 6) is 0. The first-order chi connectivity index (χ1) is 12.9. The molecular weight excluding hydrogens is 312 g/mol. The van der Waals surface area contributed by atoms with E-state index in [0.29, 0.717) is 0 Å². The molecule has 0 N–H and O–H groups in total. The standard InChI is InChI=1S/2C10H8.C6H6/c2*1-2-6-10-8-4-3-7-9(10)5-1;1-2-4-6-5-3-1/h2*1-8H;1-6H. The van der Waals surface area contributed by atoms with Crippen molar-refractivity contribution in [1.29, 1.82) is 0 Å². The van der Waals surface area contributed by atoms with Crippen molar-refractivity contribution in [1.82, 2.24) is 0 Å². The average Bonchev–Trinajstić information content (AvgIpc) is 2.76. The number of fused-ring (bicyclic) bond motifs is 2. The maximum Gasteiger partial charge on any atom is -0.0184 e. The van der Waals surface area contributed by atoms with Gasteiger partial charge in [0, 0.05) is 0 Å². The zero-order valence-corrected chi connectivity index (χ0v) is 14.7. The summed E-state index contributed by atoms with van der Waals surface area (Å²) in [6.45, 7) is 0. The summed E-state index contributed by atoms with van der Waals surface area (Å²) >= 11 is 0. The van der Waals surface area contributed by atoms with Crippen LogP contribution in [-0.4, -0.2) is 0 Å². The first-order valence-corrected chi connectivity index (χ1v) is 8.81. The van der Waals surface area contributed by atoms with Crippen molar-refractivity contribution in [2.45, 2.75) is 0 Å². The Kier molecular flexibility index (Phi) is 6.58. The fourth-order valence-corrected chi connectivity index (χ4v) is 2.65. The average molecular weight is 334 g/mol. The summed E-state index contributed by atoms with van der Waals surface area (Å²) in [5, 5.41) is 5.24. The van der Waals surface area contributed by atoms with Crippen molar-refractivity contribution < 1.29 is 0 Å². The summed E-state index contributed by atoms with van der Waals surface area (Å²) in [7, 11) is 0. The highest BCUT2D eigenvalue weighted by Crippen LogP contribution is 2.12. The highest BCUT2D eigenvalue weighted by atomic mass is 13.9. The van der Waals surface area contributed by atoms with E-state index in [1.54, 1.807) is 0 Å². The molecule has 0 aliphatic heterocycles. The van der Waals surface area contributed by atoms with Crippen LogP contribution in [0.3, 0.4) is 0 Å². The van der Waals surface area contributed by atoms with E-state index in [1.165, 1.54) is 21.5 Å². The number of benzene rings is 5. The van der Waals surface area contributed by atoms with Gasteiger partial charge in [0.25, 0.3) is 0 Å². The fourth-order valence-electron chi connectivity index (χ4n) is 2.65. The fraction of sp³-hybridized carbons (Fsp3) is 0. The highest BCUT2D eigenvalue weighted by molar-refractivity contribution is 5.82. The molecule has 0 amide bonds. The molecule has 0 nitrogen and oxygen atoms in total. The molecule has 0 saturated carbocycles. The monoisotopic (exact) mass is 334 g/mol. The lowest BCUT2D eigenvalue weighted by molar-refractivity contribution is 1.72. The van der Waals surface area contributed by atoms with Gasteiger partial charge in [-0.2, -0.15) is 0 Å². The lowest BCUT2D eigenvalue weighted by Gasteiger charge is -1.92. The summed E-state index contributed by atoms with van der Waals surface area (Å²) in [6.07, 6.45) is 0. The van der Waals surface area contributed by atoms with Crippen molar-refractivity contribution >= 4 is 21.5 Å². The van der Waals surface area contributed by atoms with Gasteiger partial charge >= 0.3 is 0 Å². The van der Waals surface area contributed by atoms with Crippen molar-refractivity contribution in [3.63, 3.8) is 0 Å². The molecule has 0 unspecified atom stereocenters. The third-order valence-electron chi connectivity index (χ3n) is 3.98. The lowest BCUT2D eigenvalue weighted by atomic mass is 10.1. The molecule has 0 radical (unpaired) electrons. The molecule has 0 aromatic heterocycles. The van der Waals surface area contributed by atoms with Crippen molar-refractivity contribution in [3.05, 3.63) is 133 Å². The van der Waals surface area contributed by atoms with Gasteiger partial charge in [0.2, 0.25) is 0 Å². The molecule has 0 heterocycles. The van der Waals surface area contributed by atoms with Gasteiger partial charge in [0.1, 0.15) is 0 Å². The van der Waals surface area contributed by atoms with Gasteiger partial charge in [0.15, 0.2) is 0 Å². The molecule has 0 spiro atoms. The molecule has 0 saturated heterocycles. The van der Waals surface area contributed by atoms with Crippen LogP contribution in [0, 0.1) is 0 Å². The van der Waals surface area contributed by atoms with Crippen molar-refractivity contribution in [2.75, 3.05) is 0 Å². The zero-order valence-electron chi connectivity index (χ0n) is 14.7. The Hall–Kier alpha value is -3.38. The first-order valence-electron chi connectivity index (χ1n) is 8.81. The molecule has 0 aliphatic carbocycles. The normalized spacial score (nSPS) is 9.54. The quantitative estimate of drug-likeness (QED) is 0.277. The van der Waals surface area contributed by atoms with Crippen molar-refractivity contribution in [3.8, 4) is 0 Å². The molecule has 26 heavy (non-hydrogen) atoms. The van der Waals surface area contributed by atoms with Gasteiger partial charge in [0.05, 0.1) is 0 Å². The molecule has 0 atom stereocenters.